The highest BCUT2D eigenvalue weighted by atomic mass is 15.2. The normalized spacial score (nSPS) is 21.3. The first-order chi connectivity index (χ1) is 31.3. The van der Waals surface area contributed by atoms with Crippen LogP contribution in [-0.2, 0) is 5.41 Å². The van der Waals surface area contributed by atoms with Crippen LogP contribution in [0.2, 0.25) is 0 Å². The number of hydrogen-bond acceptors (Lipinski definition) is 2. The van der Waals surface area contributed by atoms with Gasteiger partial charge in [0, 0.05) is 28.7 Å². The lowest BCUT2D eigenvalue weighted by Gasteiger charge is -2.38. The SMILES string of the molecule is C1=CCCC(C2(c3ccccc3)c3ccccc3-c3ccc(N(c4ccc(-c5ccccc5)cc4)C4C=CC(c5ccc6c(c5)C5C=CC=CC5N6c5ccccc5)=CC4)cc32)=C1. The molecule has 63 heavy (non-hydrogen) atoms. The van der Waals surface area contributed by atoms with E-state index in [-0.39, 0.29) is 12.1 Å². The van der Waals surface area contributed by atoms with Gasteiger partial charge in [-0.1, -0.05) is 194 Å². The molecule has 7 aromatic rings. The van der Waals surface area contributed by atoms with Crippen LogP contribution in [0.3, 0.4) is 0 Å². The molecule has 0 saturated heterocycles. The number of para-hydroxylation sites is 1. The molecule has 0 fully saturated rings. The number of anilines is 4. The third kappa shape index (κ3) is 6.15. The average molecular weight is 809 g/mol. The van der Waals surface area contributed by atoms with Crippen LogP contribution in [0.15, 0.2) is 242 Å². The summed E-state index contributed by atoms with van der Waals surface area (Å²) in [5.74, 6) is 0.315. The molecule has 0 N–H and O–H groups in total. The van der Waals surface area contributed by atoms with E-state index in [1.807, 2.05) is 0 Å². The third-order valence-electron chi connectivity index (χ3n) is 14.1. The quantitative estimate of drug-likeness (QED) is 0.151. The van der Waals surface area contributed by atoms with Gasteiger partial charge >= 0.3 is 0 Å². The van der Waals surface area contributed by atoms with Crippen LogP contribution in [0.1, 0.15) is 53.0 Å². The number of nitrogens with zero attached hydrogens (tertiary/aromatic N) is 2. The van der Waals surface area contributed by atoms with Crippen LogP contribution in [0.25, 0.3) is 27.8 Å². The summed E-state index contributed by atoms with van der Waals surface area (Å²) in [6, 6.07) is 65.9. The molecule has 2 heteroatoms. The first-order valence-corrected chi connectivity index (χ1v) is 22.6. The summed E-state index contributed by atoms with van der Waals surface area (Å²) in [6.45, 7) is 0. The summed E-state index contributed by atoms with van der Waals surface area (Å²) in [5, 5.41) is 0. The van der Waals surface area contributed by atoms with Gasteiger partial charge in [-0.05, 0) is 123 Å². The molecule has 1 aliphatic heterocycles. The predicted octanol–water partition coefficient (Wildman–Crippen LogP) is 15.2. The van der Waals surface area contributed by atoms with Crippen molar-refractivity contribution in [3.8, 4) is 22.3 Å². The van der Waals surface area contributed by atoms with Gasteiger partial charge in [0.15, 0.2) is 0 Å². The number of rotatable bonds is 8. The summed E-state index contributed by atoms with van der Waals surface area (Å²) in [6.07, 6.45) is 26.3. The van der Waals surface area contributed by atoms with Crippen LogP contribution in [0.5, 0.6) is 0 Å². The summed E-state index contributed by atoms with van der Waals surface area (Å²) in [5.41, 5.74) is 19.1. The van der Waals surface area contributed by atoms with Gasteiger partial charge in [-0.25, -0.2) is 0 Å². The zero-order chi connectivity index (χ0) is 41.7. The maximum absolute atomic E-state index is 2.58. The smallest absolute Gasteiger partial charge is 0.0677 e. The Kier molecular flexibility index (Phi) is 9.18. The van der Waals surface area contributed by atoms with Gasteiger partial charge in [0.05, 0.1) is 17.5 Å². The lowest BCUT2D eigenvalue weighted by atomic mass is 9.65. The Morgan fingerprint density at radius 2 is 1.25 bits per heavy atom. The largest absolute Gasteiger partial charge is 0.334 e. The number of hydrogen-bond donors (Lipinski definition) is 0. The molecule has 1 heterocycles. The second kappa shape index (κ2) is 15.5. The Morgan fingerprint density at radius 3 is 2.03 bits per heavy atom. The standard InChI is InChI=1S/C61H48N2/c1-5-17-43(18-6-1)44-29-34-50(35-30-44)62(51-36-31-45(32-37-51)46-33-40-60-56(41-46)55-26-14-16-28-59(55)63(60)49-23-11-4-12-24-49)52-38-39-54-53-25-13-15-27-57(53)61(58(54)42-52,47-19-7-2-8-20-47)48-21-9-3-10-22-48/h1-9,11-21,23-36,38-42,51,55,59H,10,22,37H2. The lowest BCUT2D eigenvalue weighted by Crippen LogP contribution is -2.32. The molecule has 0 amide bonds. The minimum atomic E-state index is -0.391. The van der Waals surface area contributed by atoms with E-state index in [2.05, 4.69) is 246 Å². The van der Waals surface area contributed by atoms with Crippen molar-refractivity contribution in [1.82, 2.24) is 0 Å². The summed E-state index contributed by atoms with van der Waals surface area (Å²) >= 11 is 0. The van der Waals surface area contributed by atoms with Crippen LogP contribution in [0.4, 0.5) is 22.7 Å². The van der Waals surface area contributed by atoms with Crippen molar-refractivity contribution in [2.75, 3.05) is 9.80 Å². The lowest BCUT2D eigenvalue weighted by molar-refractivity contribution is 0.692. The Bertz CT molecular complexity index is 3040. The molecule has 302 valence electrons. The molecular weight excluding hydrogens is 761 g/mol. The van der Waals surface area contributed by atoms with Crippen molar-refractivity contribution < 1.29 is 0 Å². The van der Waals surface area contributed by atoms with Gasteiger partial charge in [0.25, 0.3) is 0 Å². The summed E-state index contributed by atoms with van der Waals surface area (Å²) in [7, 11) is 0. The van der Waals surface area contributed by atoms with E-state index in [1.54, 1.807) is 0 Å². The Balaban J connectivity index is 0.954. The summed E-state index contributed by atoms with van der Waals surface area (Å²) in [4.78, 5) is 5.09. The maximum Gasteiger partial charge on any atom is 0.0677 e. The average Bonchev–Trinajstić information content (AvgIpc) is 3.86. The molecule has 4 aliphatic carbocycles. The highest BCUT2D eigenvalue weighted by Gasteiger charge is 2.47. The molecule has 7 aromatic carbocycles. The topological polar surface area (TPSA) is 6.48 Å². The monoisotopic (exact) mass is 808 g/mol. The van der Waals surface area contributed by atoms with Gasteiger partial charge in [-0.2, -0.15) is 0 Å². The van der Waals surface area contributed by atoms with Gasteiger partial charge in [-0.3, -0.25) is 0 Å². The molecule has 0 spiro atoms. The molecule has 0 bridgehead atoms. The number of fused-ring (bicyclic) bond motifs is 6. The molecule has 5 aliphatic rings. The second-order valence-corrected chi connectivity index (χ2v) is 17.4. The second-order valence-electron chi connectivity index (χ2n) is 17.4. The fourth-order valence-electron chi connectivity index (χ4n) is 11.3. The van der Waals surface area contributed by atoms with Crippen LogP contribution in [0, 0.1) is 0 Å². The summed E-state index contributed by atoms with van der Waals surface area (Å²) < 4.78 is 0. The molecular formula is C61H48N2. The maximum atomic E-state index is 2.58. The van der Waals surface area contributed by atoms with Crippen molar-refractivity contribution in [3.05, 3.63) is 270 Å². The van der Waals surface area contributed by atoms with Gasteiger partial charge < -0.3 is 9.80 Å². The zero-order valence-corrected chi connectivity index (χ0v) is 35.3. The number of allylic oxidation sites excluding steroid dienone is 8. The Morgan fingerprint density at radius 1 is 0.556 bits per heavy atom. The van der Waals surface area contributed by atoms with Gasteiger partial charge in [0.1, 0.15) is 0 Å². The van der Waals surface area contributed by atoms with E-state index in [0.29, 0.717) is 5.92 Å². The van der Waals surface area contributed by atoms with E-state index in [1.165, 1.54) is 84.0 Å². The van der Waals surface area contributed by atoms with Gasteiger partial charge in [-0.15, -0.1) is 0 Å². The molecule has 0 saturated carbocycles. The van der Waals surface area contributed by atoms with Gasteiger partial charge in [0.2, 0.25) is 0 Å². The van der Waals surface area contributed by atoms with Crippen LogP contribution in [-0.4, -0.2) is 12.1 Å². The Hall–Kier alpha value is -7.42. The molecule has 4 unspecified atom stereocenters. The first-order valence-electron chi connectivity index (χ1n) is 22.6. The Labute approximate surface area is 371 Å². The van der Waals surface area contributed by atoms with E-state index >= 15 is 0 Å². The van der Waals surface area contributed by atoms with Crippen LogP contribution < -0.4 is 9.80 Å². The van der Waals surface area contributed by atoms with E-state index in [4.69, 9.17) is 0 Å². The third-order valence-corrected chi connectivity index (χ3v) is 14.1. The molecule has 0 radical (unpaired) electrons. The van der Waals surface area contributed by atoms with Crippen LogP contribution >= 0.6 is 0 Å². The first kappa shape index (κ1) is 37.4. The fourth-order valence-corrected chi connectivity index (χ4v) is 11.3. The highest BCUT2D eigenvalue weighted by Crippen LogP contribution is 2.58. The van der Waals surface area contributed by atoms with Crippen molar-refractivity contribution in [2.45, 2.75) is 42.7 Å². The molecule has 0 aromatic heterocycles. The van der Waals surface area contributed by atoms with Crippen molar-refractivity contribution >= 4 is 28.3 Å². The van der Waals surface area contributed by atoms with E-state index in [0.717, 1.165) is 19.3 Å². The molecule has 4 atom stereocenters. The van der Waals surface area contributed by atoms with Crippen molar-refractivity contribution in [3.63, 3.8) is 0 Å². The molecule has 2 nitrogen and oxygen atoms in total. The number of benzene rings is 7. The predicted molar refractivity (Wildman–Crippen MR) is 264 cm³/mol. The minimum absolute atomic E-state index is 0.111. The highest BCUT2D eigenvalue weighted by molar-refractivity contribution is 5.89. The van der Waals surface area contributed by atoms with Crippen molar-refractivity contribution in [1.29, 1.82) is 0 Å². The zero-order valence-electron chi connectivity index (χ0n) is 35.3. The van der Waals surface area contributed by atoms with Crippen molar-refractivity contribution in [2.24, 2.45) is 0 Å². The molecule has 12 rings (SSSR count). The van der Waals surface area contributed by atoms with E-state index < -0.39 is 5.41 Å². The minimum Gasteiger partial charge on any atom is -0.334 e. The fraction of sp³-hybridized carbons (Fsp3) is 0.115. The van der Waals surface area contributed by atoms with E-state index in [9.17, 15) is 0 Å².